The molecule has 0 amide bonds. The van der Waals surface area contributed by atoms with Crippen molar-refractivity contribution in [1.29, 1.82) is 0 Å². The number of hydrogen-bond acceptors (Lipinski definition) is 9. The van der Waals surface area contributed by atoms with Gasteiger partial charge in [0.2, 0.25) is 0 Å². The van der Waals surface area contributed by atoms with Gasteiger partial charge in [0.25, 0.3) is 0 Å². The molecule has 0 bridgehead atoms. The molecule has 4 saturated heterocycles. The molecule has 0 unspecified atom stereocenters. The van der Waals surface area contributed by atoms with Gasteiger partial charge < -0.3 is 32.5 Å². The van der Waals surface area contributed by atoms with Crippen molar-refractivity contribution < 1.29 is 41.0 Å². The van der Waals surface area contributed by atoms with Crippen molar-refractivity contribution in [2.24, 2.45) is 5.92 Å². The van der Waals surface area contributed by atoms with Crippen LogP contribution >= 0.6 is 0 Å². The van der Waals surface area contributed by atoms with Crippen molar-refractivity contribution in [3.8, 4) is 0 Å². The van der Waals surface area contributed by atoms with Crippen molar-refractivity contribution in [3.05, 3.63) is 54.1 Å². The van der Waals surface area contributed by atoms with E-state index in [1.54, 1.807) is 12.1 Å². The summed E-state index contributed by atoms with van der Waals surface area (Å²) < 4.78 is 73.4. The molecule has 58 heavy (non-hydrogen) atoms. The molecule has 0 aromatic heterocycles. The van der Waals surface area contributed by atoms with Crippen molar-refractivity contribution in [1.82, 2.24) is 0 Å². The van der Waals surface area contributed by atoms with E-state index in [-0.39, 0.29) is 70.8 Å². The van der Waals surface area contributed by atoms with Crippen LogP contribution in [0.1, 0.15) is 111 Å². The SMILES string of the molecule is C=C1C[C@H](CCC2OCCO2)O[C@H]1CC[C@H]1CCC(=C)[C@@H](C[C@@H]2O[C@H](C[C@@H](CO[Si](C)(C)C(C)(C)C)O[Si](C)(C)C(C)(C)C)C[C@H]2CS(=O)(=O)c2ccc(C)cc2)O1. The Balaban J connectivity index is 1.27. The first-order valence-corrected chi connectivity index (χ1v) is 29.6. The van der Waals surface area contributed by atoms with Gasteiger partial charge in [0, 0.05) is 25.2 Å². The maximum Gasteiger partial charge on any atom is 0.192 e. The third-order valence-corrected chi connectivity index (χ3v) is 24.9. The van der Waals surface area contributed by atoms with Gasteiger partial charge in [-0.1, -0.05) is 72.4 Å². The van der Waals surface area contributed by atoms with E-state index < -0.39 is 26.5 Å². The fourth-order valence-corrected chi connectivity index (χ4v) is 12.2. The number of rotatable bonds is 18. The van der Waals surface area contributed by atoms with Crippen LogP contribution in [0.4, 0.5) is 0 Å². The summed E-state index contributed by atoms with van der Waals surface area (Å²) >= 11 is 0. The Hall–Kier alpha value is -1.20. The zero-order valence-electron chi connectivity index (χ0n) is 37.9. The van der Waals surface area contributed by atoms with Gasteiger partial charge in [-0.2, -0.15) is 0 Å². The summed E-state index contributed by atoms with van der Waals surface area (Å²) in [5.41, 5.74) is 3.25. The lowest BCUT2D eigenvalue weighted by Gasteiger charge is -2.42. The second-order valence-corrected chi connectivity index (χ2v) is 32.4. The second kappa shape index (κ2) is 19.5. The highest BCUT2D eigenvalue weighted by Crippen LogP contribution is 2.42. The Bertz CT molecular complexity index is 1620. The van der Waals surface area contributed by atoms with Crippen LogP contribution in [0, 0.1) is 12.8 Å². The highest BCUT2D eigenvalue weighted by Gasteiger charge is 2.45. The summed E-state index contributed by atoms with van der Waals surface area (Å²) in [5, 5.41) is 0.0970. The van der Waals surface area contributed by atoms with Gasteiger partial charge in [0.05, 0.1) is 73.2 Å². The van der Waals surface area contributed by atoms with Crippen LogP contribution in [-0.4, -0.2) is 99.6 Å². The van der Waals surface area contributed by atoms with Gasteiger partial charge in [0.15, 0.2) is 32.8 Å². The first kappa shape index (κ1) is 47.8. The molecule has 0 aliphatic carbocycles. The molecule has 1 aromatic rings. The van der Waals surface area contributed by atoms with E-state index in [1.165, 1.54) is 0 Å². The molecule has 0 saturated carbocycles. The van der Waals surface area contributed by atoms with Crippen molar-refractivity contribution in [2.75, 3.05) is 25.6 Å². The van der Waals surface area contributed by atoms with E-state index in [0.29, 0.717) is 44.0 Å². The van der Waals surface area contributed by atoms with Gasteiger partial charge in [0.1, 0.15) is 0 Å². The lowest BCUT2D eigenvalue weighted by atomic mass is 9.89. The highest BCUT2D eigenvalue weighted by atomic mass is 32.2. The number of hydrogen-bond donors (Lipinski definition) is 0. The van der Waals surface area contributed by atoms with Crippen LogP contribution < -0.4 is 0 Å². The molecule has 4 fully saturated rings. The van der Waals surface area contributed by atoms with E-state index in [9.17, 15) is 8.42 Å². The van der Waals surface area contributed by atoms with Gasteiger partial charge in [-0.15, -0.1) is 0 Å². The van der Waals surface area contributed by atoms with Gasteiger partial charge in [-0.3, -0.25) is 0 Å². The van der Waals surface area contributed by atoms with Crippen LogP contribution in [0.25, 0.3) is 0 Å². The smallest absolute Gasteiger partial charge is 0.192 e. The van der Waals surface area contributed by atoms with Crippen molar-refractivity contribution in [2.45, 2.75) is 203 Å². The Morgan fingerprint density at radius 2 is 1.41 bits per heavy atom. The van der Waals surface area contributed by atoms with E-state index in [1.807, 2.05) is 19.1 Å². The topological polar surface area (TPSA) is 98.8 Å². The fraction of sp³-hybridized carbons (Fsp3) is 0.783. The molecule has 0 spiro atoms. The minimum absolute atomic E-state index is 0.0232. The Kier molecular flexibility index (Phi) is 16.1. The quantitative estimate of drug-likeness (QED) is 0.106. The number of aryl methyl sites for hydroxylation is 1. The maximum absolute atomic E-state index is 14.0. The summed E-state index contributed by atoms with van der Waals surface area (Å²) in [6, 6.07) is 7.20. The molecule has 8 atom stereocenters. The molecule has 1 aromatic carbocycles. The monoisotopic (exact) mass is 862 g/mol. The summed E-state index contributed by atoms with van der Waals surface area (Å²) in [6.07, 6.45) is 7.30. The second-order valence-electron chi connectivity index (χ2n) is 20.8. The lowest BCUT2D eigenvalue weighted by Crippen LogP contribution is -2.48. The molecule has 330 valence electrons. The van der Waals surface area contributed by atoms with E-state index >= 15 is 0 Å². The highest BCUT2D eigenvalue weighted by molar-refractivity contribution is 7.91. The Morgan fingerprint density at radius 3 is 2.05 bits per heavy atom. The van der Waals surface area contributed by atoms with E-state index in [4.69, 9.17) is 32.5 Å². The summed E-state index contributed by atoms with van der Waals surface area (Å²) in [4.78, 5) is 0.360. The average Bonchev–Trinajstić information content (AvgIpc) is 3.86. The zero-order chi connectivity index (χ0) is 42.7. The third-order valence-electron chi connectivity index (χ3n) is 14.0. The molecule has 4 aliphatic rings. The van der Waals surface area contributed by atoms with Gasteiger partial charge >= 0.3 is 0 Å². The van der Waals surface area contributed by atoms with Crippen molar-refractivity contribution in [3.63, 3.8) is 0 Å². The molecule has 4 heterocycles. The van der Waals surface area contributed by atoms with Gasteiger partial charge in [-0.25, -0.2) is 8.42 Å². The molecule has 12 heteroatoms. The molecule has 0 radical (unpaired) electrons. The number of benzene rings is 1. The molecule has 0 N–H and O–H groups in total. The van der Waals surface area contributed by atoms with Gasteiger partial charge in [-0.05, 0) is 111 Å². The Morgan fingerprint density at radius 1 is 0.793 bits per heavy atom. The first-order valence-electron chi connectivity index (χ1n) is 22.1. The summed E-state index contributed by atoms with van der Waals surface area (Å²) in [5.74, 6) is -0.176. The Labute approximate surface area is 354 Å². The maximum atomic E-state index is 14.0. The molecular weight excluding hydrogens is 785 g/mol. The van der Waals surface area contributed by atoms with Crippen LogP contribution in [0.15, 0.2) is 53.5 Å². The molecule has 9 nitrogen and oxygen atoms in total. The minimum Gasteiger partial charge on any atom is -0.414 e. The predicted molar refractivity (Wildman–Crippen MR) is 238 cm³/mol. The number of ether oxygens (including phenoxy) is 5. The van der Waals surface area contributed by atoms with Crippen LogP contribution in [0.5, 0.6) is 0 Å². The average molecular weight is 863 g/mol. The molecular formula is C46H78O9SSi2. The summed E-state index contributed by atoms with van der Waals surface area (Å²) in [7, 11) is -7.78. The molecule has 5 rings (SSSR count). The third kappa shape index (κ3) is 12.9. The largest absolute Gasteiger partial charge is 0.414 e. The van der Waals surface area contributed by atoms with Crippen LogP contribution in [-0.2, 0) is 42.4 Å². The van der Waals surface area contributed by atoms with Crippen LogP contribution in [0.2, 0.25) is 36.3 Å². The molecule has 4 aliphatic heterocycles. The summed E-state index contributed by atoms with van der Waals surface area (Å²) in [6.45, 7) is 35.4. The van der Waals surface area contributed by atoms with E-state index in [0.717, 1.165) is 61.7 Å². The standard InChI is InChI=1S/C46H78O9SSi2/c1-32-14-20-40(21-15-32)56(47,48)31-35-27-38(28-39(55-58(12,13)46(7,8)9)30-51-57(10,11)45(4,5)6)54-43(35)29-42-33(2)16-17-36(52-42)18-22-41-34(3)26-37(53-41)19-23-44-49-24-25-50-44/h14-15,20-21,35-39,41-44H,2-3,16-19,22-31H2,1,4-13H3/t35-,36+,37-,38-,39-,41-,42+,43-/m0/s1. The van der Waals surface area contributed by atoms with Crippen LogP contribution in [0.3, 0.4) is 0 Å². The predicted octanol–water partition coefficient (Wildman–Crippen LogP) is 10.5. The minimum atomic E-state index is -3.56. The normalized spacial score (nSPS) is 28.8. The van der Waals surface area contributed by atoms with E-state index in [2.05, 4.69) is 80.9 Å². The first-order chi connectivity index (χ1) is 26.9. The fourth-order valence-electron chi connectivity index (χ4n) is 8.18. The van der Waals surface area contributed by atoms with Crippen molar-refractivity contribution >= 4 is 26.5 Å². The lowest BCUT2D eigenvalue weighted by molar-refractivity contribution is -0.0696. The number of sulfone groups is 1. The zero-order valence-corrected chi connectivity index (χ0v) is 40.7.